The number of aryl methyl sites for hydroxylation is 1. The Labute approximate surface area is 178 Å². The van der Waals surface area contributed by atoms with Gasteiger partial charge in [-0.25, -0.2) is 10.4 Å². The van der Waals surface area contributed by atoms with Crippen LogP contribution in [-0.2, 0) is 6.54 Å². The van der Waals surface area contributed by atoms with Gasteiger partial charge in [-0.15, -0.1) is 0 Å². The van der Waals surface area contributed by atoms with Crippen LogP contribution in [0.2, 0.25) is 0 Å². The molecule has 5 rings (SSSR count). The molecule has 2 aromatic heterocycles. The predicted octanol–water partition coefficient (Wildman–Crippen LogP) is 1.35. The lowest BCUT2D eigenvalue weighted by atomic mass is 9.82. The number of fused-ring (bicyclic) bond motifs is 1. The number of nitrogens with one attached hydrogen (secondary N) is 4. The SMILES string of the molecule is CCn1cc(C2CC3C(CN2)NNC3c2cccc(N3C[C@@H](C)N[C@@H](C)C3)n2)cn1. The molecule has 8 nitrogen and oxygen atoms in total. The van der Waals surface area contributed by atoms with E-state index in [-0.39, 0.29) is 6.04 Å². The van der Waals surface area contributed by atoms with Gasteiger partial charge >= 0.3 is 0 Å². The molecule has 30 heavy (non-hydrogen) atoms. The molecule has 3 saturated heterocycles. The molecule has 0 bridgehead atoms. The minimum atomic E-state index is 0.221. The Bertz CT molecular complexity index is 856. The van der Waals surface area contributed by atoms with Gasteiger partial charge in [-0.05, 0) is 39.3 Å². The van der Waals surface area contributed by atoms with Gasteiger partial charge in [0.05, 0.1) is 17.9 Å². The van der Waals surface area contributed by atoms with Crippen molar-refractivity contribution in [2.45, 2.75) is 63.9 Å². The topological polar surface area (TPSA) is 82.1 Å². The second-order valence-electron chi connectivity index (χ2n) is 9.16. The number of aromatic nitrogens is 3. The van der Waals surface area contributed by atoms with Gasteiger partial charge in [0, 0.05) is 68.0 Å². The van der Waals surface area contributed by atoms with Gasteiger partial charge in [0.25, 0.3) is 0 Å². The summed E-state index contributed by atoms with van der Waals surface area (Å²) in [5.41, 5.74) is 9.48. The summed E-state index contributed by atoms with van der Waals surface area (Å²) in [7, 11) is 0. The Hall–Kier alpha value is -2.00. The molecule has 2 aromatic rings. The molecule has 3 aliphatic rings. The lowest BCUT2D eigenvalue weighted by Gasteiger charge is -2.37. The van der Waals surface area contributed by atoms with E-state index in [9.17, 15) is 0 Å². The van der Waals surface area contributed by atoms with E-state index in [1.807, 2.05) is 10.9 Å². The molecule has 0 spiro atoms. The number of hydrogen-bond donors (Lipinski definition) is 4. The van der Waals surface area contributed by atoms with Gasteiger partial charge in [-0.2, -0.15) is 5.10 Å². The van der Waals surface area contributed by atoms with Crippen LogP contribution in [0.3, 0.4) is 0 Å². The maximum Gasteiger partial charge on any atom is 0.128 e. The van der Waals surface area contributed by atoms with Gasteiger partial charge in [0.1, 0.15) is 5.82 Å². The zero-order chi connectivity index (χ0) is 20.7. The average Bonchev–Trinajstić information content (AvgIpc) is 3.40. The lowest BCUT2D eigenvalue weighted by Crippen LogP contribution is -2.54. The number of nitrogens with zero attached hydrogens (tertiary/aromatic N) is 4. The fourth-order valence-corrected chi connectivity index (χ4v) is 5.35. The number of hydrazine groups is 1. The molecule has 5 heterocycles. The molecule has 0 aliphatic carbocycles. The van der Waals surface area contributed by atoms with E-state index in [1.54, 1.807) is 0 Å². The normalized spacial score (nSPS) is 34.2. The summed E-state index contributed by atoms with van der Waals surface area (Å²) >= 11 is 0. The first kappa shape index (κ1) is 19.9. The van der Waals surface area contributed by atoms with Crippen LogP contribution >= 0.6 is 0 Å². The van der Waals surface area contributed by atoms with E-state index in [4.69, 9.17) is 4.98 Å². The summed E-state index contributed by atoms with van der Waals surface area (Å²) in [5.74, 6) is 1.58. The summed E-state index contributed by atoms with van der Waals surface area (Å²) in [6, 6.07) is 8.41. The van der Waals surface area contributed by atoms with Gasteiger partial charge in [-0.1, -0.05) is 6.07 Å². The van der Waals surface area contributed by atoms with Crippen molar-refractivity contribution in [1.82, 2.24) is 36.2 Å². The molecule has 3 fully saturated rings. The van der Waals surface area contributed by atoms with Crippen LogP contribution in [0.1, 0.15) is 50.5 Å². The Balaban J connectivity index is 1.34. The standard InChI is InChI=1S/C22H34N8/c1-4-30-13-16(9-24-30)19-8-17-20(10-23-19)27-28-22(17)18-6-5-7-21(26-18)29-11-14(2)25-15(3)12-29/h5-7,9,13-15,17,19-20,22-23,25,27-28H,4,8,10-12H2,1-3H3/t14-,15+,17?,19?,20?,22?. The Morgan fingerprint density at radius 2 is 1.97 bits per heavy atom. The van der Waals surface area contributed by atoms with Crippen LogP contribution in [0.15, 0.2) is 30.6 Å². The molecule has 162 valence electrons. The first-order valence-electron chi connectivity index (χ1n) is 11.4. The van der Waals surface area contributed by atoms with Crippen LogP contribution in [0, 0.1) is 5.92 Å². The van der Waals surface area contributed by atoms with E-state index in [1.165, 1.54) is 5.56 Å². The summed E-state index contributed by atoms with van der Waals surface area (Å²) < 4.78 is 2.01. The monoisotopic (exact) mass is 410 g/mol. The van der Waals surface area contributed by atoms with Crippen LogP contribution < -0.4 is 26.4 Å². The van der Waals surface area contributed by atoms with Crippen molar-refractivity contribution in [2.24, 2.45) is 5.92 Å². The number of hydrogen-bond acceptors (Lipinski definition) is 7. The summed E-state index contributed by atoms with van der Waals surface area (Å²) in [6.45, 7) is 10.5. The third-order valence-electron chi connectivity index (χ3n) is 6.80. The van der Waals surface area contributed by atoms with Crippen molar-refractivity contribution >= 4 is 5.82 Å². The third kappa shape index (κ3) is 3.85. The van der Waals surface area contributed by atoms with Crippen LogP contribution in [0.5, 0.6) is 0 Å². The Morgan fingerprint density at radius 1 is 1.13 bits per heavy atom. The fraction of sp³-hybridized carbons (Fsp3) is 0.636. The van der Waals surface area contributed by atoms with Gasteiger partial charge in [0.15, 0.2) is 0 Å². The number of anilines is 1. The smallest absolute Gasteiger partial charge is 0.128 e. The Morgan fingerprint density at radius 3 is 2.73 bits per heavy atom. The molecule has 4 N–H and O–H groups in total. The minimum Gasteiger partial charge on any atom is -0.354 e. The molecule has 3 aliphatic heterocycles. The van der Waals surface area contributed by atoms with Crippen molar-refractivity contribution in [3.05, 3.63) is 41.9 Å². The van der Waals surface area contributed by atoms with Crippen LogP contribution in [0.4, 0.5) is 5.82 Å². The molecule has 0 aromatic carbocycles. The van der Waals surface area contributed by atoms with E-state index < -0.39 is 0 Å². The van der Waals surface area contributed by atoms with Crippen molar-refractivity contribution in [3.8, 4) is 0 Å². The van der Waals surface area contributed by atoms with Crippen LogP contribution in [-0.4, -0.2) is 52.5 Å². The highest BCUT2D eigenvalue weighted by atomic mass is 15.4. The molecular formula is C22H34N8. The van der Waals surface area contributed by atoms with Gasteiger partial charge < -0.3 is 15.5 Å². The predicted molar refractivity (Wildman–Crippen MR) is 118 cm³/mol. The Kier molecular flexibility index (Phi) is 5.49. The first-order valence-corrected chi connectivity index (χ1v) is 11.4. The highest BCUT2D eigenvalue weighted by molar-refractivity contribution is 5.41. The van der Waals surface area contributed by atoms with Crippen molar-refractivity contribution < 1.29 is 0 Å². The van der Waals surface area contributed by atoms with Crippen LogP contribution in [0.25, 0.3) is 0 Å². The average molecular weight is 411 g/mol. The molecule has 4 unspecified atom stereocenters. The summed E-state index contributed by atoms with van der Waals surface area (Å²) in [6.07, 6.45) is 5.25. The van der Waals surface area contributed by atoms with Gasteiger partial charge in [0.2, 0.25) is 0 Å². The molecule has 6 atom stereocenters. The molecular weight excluding hydrogens is 376 g/mol. The van der Waals surface area contributed by atoms with E-state index >= 15 is 0 Å². The molecule has 8 heteroatoms. The highest BCUT2D eigenvalue weighted by Gasteiger charge is 2.42. The maximum absolute atomic E-state index is 5.11. The van der Waals surface area contributed by atoms with Crippen molar-refractivity contribution in [2.75, 3.05) is 24.5 Å². The van der Waals surface area contributed by atoms with E-state index in [0.717, 1.165) is 44.1 Å². The number of piperidine rings is 1. The van der Waals surface area contributed by atoms with Crippen molar-refractivity contribution in [3.63, 3.8) is 0 Å². The largest absolute Gasteiger partial charge is 0.354 e. The third-order valence-corrected chi connectivity index (χ3v) is 6.80. The second kappa shape index (κ2) is 8.26. The van der Waals surface area contributed by atoms with Crippen molar-refractivity contribution in [1.29, 1.82) is 0 Å². The molecule has 0 amide bonds. The first-order chi connectivity index (χ1) is 14.6. The number of pyridine rings is 1. The van der Waals surface area contributed by atoms with Gasteiger partial charge in [-0.3, -0.25) is 10.1 Å². The molecule has 0 radical (unpaired) electrons. The van der Waals surface area contributed by atoms with E-state index in [0.29, 0.717) is 30.1 Å². The minimum absolute atomic E-state index is 0.221. The summed E-state index contributed by atoms with van der Waals surface area (Å²) in [5, 5.41) is 11.8. The second-order valence-corrected chi connectivity index (χ2v) is 9.16. The fourth-order valence-electron chi connectivity index (χ4n) is 5.35. The zero-order valence-corrected chi connectivity index (χ0v) is 18.2. The maximum atomic E-state index is 5.11. The van der Waals surface area contributed by atoms with E-state index in [2.05, 4.69) is 76.7 Å². The summed E-state index contributed by atoms with van der Waals surface area (Å²) in [4.78, 5) is 7.53. The lowest BCUT2D eigenvalue weighted by molar-refractivity contribution is 0.265. The molecule has 0 saturated carbocycles. The number of piperazine rings is 1. The zero-order valence-electron chi connectivity index (χ0n) is 18.2. The highest BCUT2D eigenvalue weighted by Crippen LogP contribution is 2.38. The quantitative estimate of drug-likeness (QED) is 0.606. The number of rotatable bonds is 4.